The number of nitrogens with one attached hydrogen (secondary N) is 1. The molecule has 6 heteroatoms. The molecule has 0 aliphatic rings. The van der Waals surface area contributed by atoms with E-state index < -0.39 is 19.4 Å². The van der Waals surface area contributed by atoms with Crippen LogP contribution in [0.5, 0.6) is 0 Å². The Kier molecular flexibility index (Phi) is 10.2. The Morgan fingerprint density at radius 2 is 1.38 bits per heavy atom. The molecule has 1 atom stereocenters. The summed E-state index contributed by atoms with van der Waals surface area (Å²) in [6.45, 7) is 11.1. The summed E-state index contributed by atoms with van der Waals surface area (Å²) < 4.78 is 0. The van der Waals surface area contributed by atoms with Gasteiger partial charge in [0.25, 0.3) is 0 Å². The molecule has 37 heavy (non-hydrogen) atoms. The second-order valence-electron chi connectivity index (χ2n) is 9.90. The number of carbonyl (C=O) groups excluding carboxylic acids is 2. The maximum Gasteiger partial charge on any atom is 0.245 e. The summed E-state index contributed by atoms with van der Waals surface area (Å²) in [5, 5.41) is 6.52. The number of aliphatic imine (C=N–C) groups is 1. The molecule has 1 N–H and O–H groups in total. The first kappa shape index (κ1) is 28.3. The van der Waals surface area contributed by atoms with Gasteiger partial charge in [-0.2, -0.15) is 0 Å². The van der Waals surface area contributed by atoms with E-state index in [-0.39, 0.29) is 18.4 Å². The molecule has 0 radical (unpaired) electrons. The number of nitrogens with zero attached hydrogens (tertiary/aromatic N) is 2. The van der Waals surface area contributed by atoms with E-state index in [4.69, 9.17) is 4.99 Å². The van der Waals surface area contributed by atoms with Crippen LogP contribution in [0, 0.1) is 5.41 Å². The molecular formula is C31H38N3O2P. The normalized spacial score (nSPS) is 12.5. The SMILES string of the molecule is CCN(CC)C(=O)CNC(=O)[C@@H](N=Cc1ccccc1P(c1ccccc1)c1ccccc1)C(C)(C)C. The van der Waals surface area contributed by atoms with Gasteiger partial charge in [-0.05, 0) is 43.1 Å². The minimum atomic E-state index is -0.810. The third-order valence-corrected chi connectivity index (χ3v) is 8.69. The van der Waals surface area contributed by atoms with Gasteiger partial charge in [0.2, 0.25) is 11.8 Å². The standard InChI is InChI=1S/C31H38N3O2P/c1-6-34(7-2)28(35)23-33-30(36)29(31(3,4)5)32-22-24-16-14-15-21-27(24)37(25-17-10-8-11-18-25)26-19-12-9-13-20-26/h8-22,29H,6-7,23H2,1-5H3,(H,33,36)/t29-/m1/s1. The van der Waals surface area contributed by atoms with Crippen molar-refractivity contribution in [3.05, 3.63) is 90.5 Å². The van der Waals surface area contributed by atoms with Crippen LogP contribution in [0.25, 0.3) is 0 Å². The highest BCUT2D eigenvalue weighted by atomic mass is 31.1. The van der Waals surface area contributed by atoms with Gasteiger partial charge in [-0.25, -0.2) is 0 Å². The Bertz CT molecular complexity index is 1150. The van der Waals surface area contributed by atoms with Crippen LogP contribution in [-0.4, -0.2) is 48.6 Å². The topological polar surface area (TPSA) is 61.8 Å². The zero-order chi connectivity index (χ0) is 26.8. The first-order valence-electron chi connectivity index (χ1n) is 12.8. The van der Waals surface area contributed by atoms with Crippen molar-refractivity contribution < 1.29 is 9.59 Å². The fourth-order valence-electron chi connectivity index (χ4n) is 4.17. The van der Waals surface area contributed by atoms with E-state index in [1.165, 1.54) is 15.9 Å². The molecule has 2 amide bonds. The highest BCUT2D eigenvalue weighted by Gasteiger charge is 2.31. The second-order valence-corrected chi connectivity index (χ2v) is 12.1. The maximum atomic E-state index is 13.2. The van der Waals surface area contributed by atoms with Gasteiger partial charge < -0.3 is 10.2 Å². The lowest BCUT2D eigenvalue weighted by Crippen LogP contribution is -2.46. The molecule has 0 saturated carbocycles. The van der Waals surface area contributed by atoms with Crippen molar-refractivity contribution in [3.8, 4) is 0 Å². The van der Waals surface area contributed by atoms with Crippen LogP contribution in [0.15, 0.2) is 89.9 Å². The lowest BCUT2D eigenvalue weighted by atomic mass is 9.86. The summed E-state index contributed by atoms with van der Waals surface area (Å²) in [5.74, 6) is -0.327. The Morgan fingerprint density at radius 1 is 0.865 bits per heavy atom. The van der Waals surface area contributed by atoms with Gasteiger partial charge in [0, 0.05) is 24.9 Å². The quantitative estimate of drug-likeness (QED) is 0.324. The van der Waals surface area contributed by atoms with E-state index in [1.54, 1.807) is 4.90 Å². The Hall–Kier alpha value is -3.30. The van der Waals surface area contributed by atoms with Crippen LogP contribution in [0.4, 0.5) is 0 Å². The van der Waals surface area contributed by atoms with E-state index >= 15 is 0 Å². The highest BCUT2D eigenvalue weighted by Crippen LogP contribution is 2.33. The monoisotopic (exact) mass is 515 g/mol. The van der Waals surface area contributed by atoms with Crippen molar-refractivity contribution in [2.75, 3.05) is 19.6 Å². The Balaban J connectivity index is 1.93. The summed E-state index contributed by atoms with van der Waals surface area (Å²) in [6.07, 6.45) is 1.83. The largest absolute Gasteiger partial charge is 0.345 e. The molecule has 0 aliphatic carbocycles. The average molecular weight is 516 g/mol. The molecule has 0 aliphatic heterocycles. The van der Waals surface area contributed by atoms with E-state index in [1.807, 2.05) is 59.0 Å². The molecule has 0 aromatic heterocycles. The van der Waals surface area contributed by atoms with Gasteiger partial charge in [0.1, 0.15) is 6.04 Å². The van der Waals surface area contributed by atoms with Crippen molar-refractivity contribution in [2.45, 2.75) is 40.7 Å². The van der Waals surface area contributed by atoms with E-state index in [9.17, 15) is 9.59 Å². The van der Waals surface area contributed by atoms with Crippen molar-refractivity contribution in [3.63, 3.8) is 0 Å². The molecule has 0 spiro atoms. The van der Waals surface area contributed by atoms with E-state index in [0.717, 1.165) is 5.56 Å². The second kappa shape index (κ2) is 13.3. The van der Waals surface area contributed by atoms with Crippen molar-refractivity contribution in [1.82, 2.24) is 10.2 Å². The van der Waals surface area contributed by atoms with Crippen LogP contribution < -0.4 is 21.2 Å². The maximum absolute atomic E-state index is 13.2. The van der Waals surface area contributed by atoms with Crippen LogP contribution in [0.3, 0.4) is 0 Å². The third-order valence-electron chi connectivity index (χ3n) is 6.17. The predicted molar refractivity (Wildman–Crippen MR) is 157 cm³/mol. The van der Waals surface area contributed by atoms with Crippen molar-refractivity contribution in [1.29, 1.82) is 0 Å². The fraction of sp³-hybridized carbons (Fsp3) is 0.323. The van der Waals surface area contributed by atoms with Gasteiger partial charge in [-0.3, -0.25) is 14.6 Å². The minimum absolute atomic E-state index is 0.0213. The lowest BCUT2D eigenvalue weighted by Gasteiger charge is -2.27. The number of carbonyl (C=O) groups is 2. The fourth-order valence-corrected chi connectivity index (χ4v) is 6.59. The predicted octanol–water partition coefficient (Wildman–Crippen LogP) is 4.26. The summed E-state index contributed by atoms with van der Waals surface area (Å²) in [4.78, 5) is 32.1. The van der Waals surface area contributed by atoms with Gasteiger partial charge in [-0.15, -0.1) is 0 Å². The van der Waals surface area contributed by atoms with Crippen LogP contribution in [0.1, 0.15) is 40.2 Å². The minimum Gasteiger partial charge on any atom is -0.345 e. The highest BCUT2D eigenvalue weighted by molar-refractivity contribution is 7.80. The third kappa shape index (κ3) is 7.60. The van der Waals surface area contributed by atoms with Gasteiger partial charge in [0.15, 0.2) is 0 Å². The number of rotatable bonds is 10. The van der Waals surface area contributed by atoms with Crippen LogP contribution in [0.2, 0.25) is 0 Å². The van der Waals surface area contributed by atoms with Gasteiger partial charge >= 0.3 is 0 Å². The molecule has 194 valence electrons. The number of hydrogen-bond acceptors (Lipinski definition) is 3. The summed E-state index contributed by atoms with van der Waals surface area (Å²) >= 11 is 0. The lowest BCUT2D eigenvalue weighted by molar-refractivity contribution is -0.133. The molecule has 3 aromatic carbocycles. The number of benzene rings is 3. The van der Waals surface area contributed by atoms with Crippen LogP contribution >= 0.6 is 7.92 Å². The average Bonchev–Trinajstić information content (AvgIpc) is 2.90. The first-order chi connectivity index (χ1) is 17.8. The summed E-state index contributed by atoms with van der Waals surface area (Å²) in [5.41, 5.74) is 0.569. The smallest absolute Gasteiger partial charge is 0.245 e. The molecule has 0 saturated heterocycles. The summed E-state index contributed by atoms with van der Waals surface area (Å²) in [7, 11) is -0.810. The summed E-state index contributed by atoms with van der Waals surface area (Å²) in [6, 6.07) is 28.7. The van der Waals surface area contributed by atoms with Crippen LogP contribution in [-0.2, 0) is 9.59 Å². The number of likely N-dealkylation sites (N-methyl/N-ethyl adjacent to an activating group) is 1. The molecule has 3 rings (SSSR count). The molecule has 0 heterocycles. The molecular weight excluding hydrogens is 477 g/mol. The van der Waals surface area contributed by atoms with E-state index in [2.05, 4.69) is 72.0 Å². The molecule has 0 unspecified atom stereocenters. The molecule has 0 fully saturated rings. The number of hydrogen-bond donors (Lipinski definition) is 1. The Labute approximate surface area is 222 Å². The van der Waals surface area contributed by atoms with Crippen molar-refractivity contribution >= 4 is 41.9 Å². The van der Waals surface area contributed by atoms with E-state index in [0.29, 0.717) is 13.1 Å². The zero-order valence-electron chi connectivity index (χ0n) is 22.5. The number of amides is 2. The Morgan fingerprint density at radius 3 is 1.89 bits per heavy atom. The molecule has 5 nitrogen and oxygen atoms in total. The van der Waals surface area contributed by atoms with Gasteiger partial charge in [-0.1, -0.05) is 106 Å². The molecule has 0 bridgehead atoms. The van der Waals surface area contributed by atoms with Crippen molar-refractivity contribution in [2.24, 2.45) is 10.4 Å². The first-order valence-corrected chi connectivity index (χ1v) is 14.2. The zero-order valence-corrected chi connectivity index (χ0v) is 23.4. The van der Waals surface area contributed by atoms with Gasteiger partial charge in [0.05, 0.1) is 6.54 Å². The molecule has 3 aromatic rings.